The van der Waals surface area contributed by atoms with Crippen LogP contribution >= 0.6 is 0 Å². The Hall–Kier alpha value is -2.08. The third kappa shape index (κ3) is 3.96. The SMILES string of the molecule is CCC(C(=O)O)N(C)C(=O)C(N)Cc1ccc(O)cc1. The number of benzene rings is 1. The zero-order valence-electron chi connectivity index (χ0n) is 11.6. The molecule has 0 aromatic heterocycles. The van der Waals surface area contributed by atoms with Crippen molar-refractivity contribution >= 4 is 11.9 Å². The Bertz CT molecular complexity index is 473. The van der Waals surface area contributed by atoms with Gasteiger partial charge in [-0.1, -0.05) is 19.1 Å². The number of rotatable bonds is 6. The fourth-order valence-electron chi connectivity index (χ4n) is 2.00. The number of carboxylic acid groups (broad SMARTS) is 1. The van der Waals surface area contributed by atoms with Crippen molar-refractivity contribution in [3.8, 4) is 5.75 Å². The van der Waals surface area contributed by atoms with Gasteiger partial charge in [0.15, 0.2) is 0 Å². The second-order valence-corrected chi connectivity index (χ2v) is 4.69. The van der Waals surface area contributed by atoms with E-state index in [-0.39, 0.29) is 5.75 Å². The summed E-state index contributed by atoms with van der Waals surface area (Å²) in [4.78, 5) is 24.3. The molecular weight excluding hydrogens is 260 g/mol. The van der Waals surface area contributed by atoms with Gasteiger partial charge < -0.3 is 20.8 Å². The van der Waals surface area contributed by atoms with Crippen molar-refractivity contribution < 1.29 is 19.8 Å². The minimum Gasteiger partial charge on any atom is -0.508 e. The molecule has 0 aliphatic heterocycles. The number of carbonyl (C=O) groups is 2. The third-order valence-electron chi connectivity index (χ3n) is 3.20. The molecule has 2 unspecified atom stereocenters. The van der Waals surface area contributed by atoms with E-state index in [1.165, 1.54) is 24.1 Å². The predicted molar refractivity (Wildman–Crippen MR) is 74.3 cm³/mol. The molecule has 6 nitrogen and oxygen atoms in total. The quantitative estimate of drug-likeness (QED) is 0.707. The van der Waals surface area contributed by atoms with Gasteiger partial charge >= 0.3 is 5.97 Å². The Morgan fingerprint density at radius 2 is 1.85 bits per heavy atom. The first kappa shape index (κ1) is 16.0. The summed E-state index contributed by atoms with van der Waals surface area (Å²) in [5.41, 5.74) is 6.64. The van der Waals surface area contributed by atoms with E-state index in [4.69, 9.17) is 10.8 Å². The molecule has 6 heteroatoms. The molecule has 20 heavy (non-hydrogen) atoms. The summed E-state index contributed by atoms with van der Waals surface area (Å²) >= 11 is 0. The van der Waals surface area contributed by atoms with Crippen LogP contribution in [0.5, 0.6) is 5.75 Å². The smallest absolute Gasteiger partial charge is 0.326 e. The molecule has 110 valence electrons. The molecular formula is C14H20N2O4. The van der Waals surface area contributed by atoms with Crippen LogP contribution in [0, 0.1) is 0 Å². The van der Waals surface area contributed by atoms with Gasteiger partial charge in [0.05, 0.1) is 6.04 Å². The molecule has 0 saturated carbocycles. The lowest BCUT2D eigenvalue weighted by Crippen LogP contribution is -2.49. The maximum absolute atomic E-state index is 12.1. The van der Waals surface area contributed by atoms with Crippen molar-refractivity contribution in [3.63, 3.8) is 0 Å². The van der Waals surface area contributed by atoms with Gasteiger partial charge in [-0.15, -0.1) is 0 Å². The van der Waals surface area contributed by atoms with Gasteiger partial charge in [-0.3, -0.25) is 4.79 Å². The highest BCUT2D eigenvalue weighted by Gasteiger charge is 2.28. The number of nitrogens with zero attached hydrogens (tertiary/aromatic N) is 1. The number of carbonyl (C=O) groups excluding carboxylic acids is 1. The summed E-state index contributed by atoms with van der Waals surface area (Å²) in [5, 5.41) is 18.2. The molecule has 1 aromatic carbocycles. The highest BCUT2D eigenvalue weighted by molar-refractivity contribution is 5.86. The van der Waals surface area contributed by atoms with Crippen LogP contribution in [0.15, 0.2) is 24.3 Å². The number of carboxylic acids is 1. The fraction of sp³-hybridized carbons (Fsp3) is 0.429. The number of hydrogen-bond donors (Lipinski definition) is 3. The molecule has 0 spiro atoms. The Balaban J connectivity index is 2.71. The molecule has 0 aliphatic rings. The molecule has 1 amide bonds. The normalized spacial score (nSPS) is 13.6. The summed E-state index contributed by atoms with van der Waals surface area (Å²) in [7, 11) is 1.45. The zero-order chi connectivity index (χ0) is 15.3. The molecule has 1 rings (SSSR count). The number of phenolic OH excluding ortho intramolecular Hbond substituents is 1. The van der Waals surface area contributed by atoms with Gasteiger partial charge in [-0.2, -0.15) is 0 Å². The van der Waals surface area contributed by atoms with E-state index in [9.17, 15) is 14.7 Å². The van der Waals surface area contributed by atoms with Crippen LogP contribution in [-0.4, -0.2) is 46.1 Å². The van der Waals surface area contributed by atoms with E-state index in [1.807, 2.05) is 0 Å². The van der Waals surface area contributed by atoms with Crippen LogP contribution in [0.25, 0.3) is 0 Å². The lowest BCUT2D eigenvalue weighted by Gasteiger charge is -2.26. The average molecular weight is 280 g/mol. The van der Waals surface area contributed by atoms with E-state index in [0.717, 1.165) is 5.56 Å². The Labute approximate surface area is 117 Å². The Morgan fingerprint density at radius 3 is 2.30 bits per heavy atom. The monoisotopic (exact) mass is 280 g/mol. The van der Waals surface area contributed by atoms with Crippen molar-refractivity contribution in [1.29, 1.82) is 0 Å². The maximum atomic E-state index is 12.1. The summed E-state index contributed by atoms with van der Waals surface area (Å²) in [6, 6.07) is 4.71. The molecule has 4 N–H and O–H groups in total. The van der Waals surface area contributed by atoms with Gasteiger partial charge in [-0.05, 0) is 30.5 Å². The van der Waals surface area contributed by atoms with Gasteiger partial charge in [-0.25, -0.2) is 4.79 Å². The molecule has 2 atom stereocenters. The van der Waals surface area contributed by atoms with E-state index in [0.29, 0.717) is 12.8 Å². The molecule has 0 aliphatic carbocycles. The van der Waals surface area contributed by atoms with E-state index in [1.54, 1.807) is 19.1 Å². The summed E-state index contributed by atoms with van der Waals surface area (Å²) < 4.78 is 0. The van der Waals surface area contributed by atoms with Crippen LogP contribution in [0.1, 0.15) is 18.9 Å². The number of aromatic hydroxyl groups is 1. The predicted octanol–water partition coefficient (Wildman–Crippen LogP) is 0.584. The number of aliphatic carboxylic acids is 1. The minimum atomic E-state index is -1.04. The molecule has 0 radical (unpaired) electrons. The maximum Gasteiger partial charge on any atom is 0.326 e. The second kappa shape index (κ2) is 6.91. The lowest BCUT2D eigenvalue weighted by atomic mass is 10.0. The average Bonchev–Trinajstić information content (AvgIpc) is 2.40. The second-order valence-electron chi connectivity index (χ2n) is 4.69. The molecule has 0 saturated heterocycles. The first-order valence-corrected chi connectivity index (χ1v) is 6.39. The molecule has 0 fully saturated rings. The summed E-state index contributed by atoms with van der Waals surface area (Å²) in [6.45, 7) is 1.70. The highest BCUT2D eigenvalue weighted by atomic mass is 16.4. The van der Waals surface area contributed by atoms with Crippen LogP contribution < -0.4 is 5.73 Å². The van der Waals surface area contributed by atoms with Gasteiger partial charge in [0.1, 0.15) is 11.8 Å². The lowest BCUT2D eigenvalue weighted by molar-refractivity contribution is -0.149. The third-order valence-corrected chi connectivity index (χ3v) is 3.20. The van der Waals surface area contributed by atoms with Crippen LogP contribution in [0.4, 0.5) is 0 Å². The number of nitrogens with two attached hydrogens (primary N) is 1. The number of likely N-dealkylation sites (N-methyl/N-ethyl adjacent to an activating group) is 1. The van der Waals surface area contributed by atoms with Gasteiger partial charge in [0, 0.05) is 7.05 Å². The van der Waals surface area contributed by atoms with Crippen molar-refractivity contribution in [2.24, 2.45) is 5.73 Å². The number of phenols is 1. The largest absolute Gasteiger partial charge is 0.508 e. The number of hydrogen-bond acceptors (Lipinski definition) is 4. The Kier molecular flexibility index (Phi) is 5.52. The molecule has 0 heterocycles. The topological polar surface area (TPSA) is 104 Å². The van der Waals surface area contributed by atoms with Crippen LogP contribution in [0.3, 0.4) is 0 Å². The van der Waals surface area contributed by atoms with Crippen LogP contribution in [0.2, 0.25) is 0 Å². The van der Waals surface area contributed by atoms with E-state index >= 15 is 0 Å². The first-order valence-electron chi connectivity index (χ1n) is 6.39. The zero-order valence-corrected chi connectivity index (χ0v) is 11.6. The van der Waals surface area contributed by atoms with Gasteiger partial charge in [0.25, 0.3) is 0 Å². The van der Waals surface area contributed by atoms with Crippen molar-refractivity contribution in [1.82, 2.24) is 4.90 Å². The van der Waals surface area contributed by atoms with E-state index < -0.39 is 24.0 Å². The van der Waals surface area contributed by atoms with Crippen molar-refractivity contribution in [3.05, 3.63) is 29.8 Å². The fourth-order valence-corrected chi connectivity index (χ4v) is 2.00. The van der Waals surface area contributed by atoms with Gasteiger partial charge in [0.2, 0.25) is 5.91 Å². The molecule has 1 aromatic rings. The first-order chi connectivity index (χ1) is 9.36. The highest BCUT2D eigenvalue weighted by Crippen LogP contribution is 2.12. The Morgan fingerprint density at radius 1 is 1.30 bits per heavy atom. The minimum absolute atomic E-state index is 0.141. The number of amides is 1. The summed E-state index contributed by atoms with van der Waals surface area (Å²) in [5.74, 6) is -1.31. The van der Waals surface area contributed by atoms with Crippen LogP contribution in [-0.2, 0) is 16.0 Å². The van der Waals surface area contributed by atoms with Crippen molar-refractivity contribution in [2.75, 3.05) is 7.05 Å². The summed E-state index contributed by atoms with van der Waals surface area (Å²) in [6.07, 6.45) is 0.614. The molecule has 0 bridgehead atoms. The van der Waals surface area contributed by atoms with Crippen molar-refractivity contribution in [2.45, 2.75) is 31.8 Å². The standard InChI is InChI=1S/C14H20N2O4/c1-3-12(14(19)20)16(2)13(18)11(15)8-9-4-6-10(17)7-5-9/h4-7,11-12,17H,3,8,15H2,1-2H3,(H,19,20). The van der Waals surface area contributed by atoms with E-state index in [2.05, 4.69) is 0 Å².